The van der Waals surface area contributed by atoms with Gasteiger partial charge in [-0.15, -0.1) is 0 Å². The summed E-state index contributed by atoms with van der Waals surface area (Å²) in [4.78, 5) is 10.8. The van der Waals surface area contributed by atoms with E-state index < -0.39 is 5.97 Å². The minimum atomic E-state index is -0.871. The zero-order valence-electron chi connectivity index (χ0n) is 9.98. The molecule has 1 saturated carbocycles. The lowest BCUT2D eigenvalue weighted by Gasteiger charge is -2.11. The molecule has 92 valence electrons. The van der Waals surface area contributed by atoms with Gasteiger partial charge in [-0.1, -0.05) is 31.7 Å². The number of hydrogen-bond acceptors (Lipinski definition) is 2. The first kappa shape index (κ1) is 12.0. The lowest BCUT2D eigenvalue weighted by Crippen LogP contribution is -2.07. The maximum Gasteiger partial charge on any atom is 0.335 e. The minimum Gasteiger partial charge on any atom is -0.478 e. The first-order valence-corrected chi connectivity index (χ1v) is 6.33. The lowest BCUT2D eigenvalue weighted by atomic mass is 10.0. The second kappa shape index (κ2) is 5.71. The molecule has 0 atom stereocenters. The van der Waals surface area contributed by atoms with Crippen LogP contribution in [0.1, 0.15) is 42.5 Å². The van der Waals surface area contributed by atoms with Crippen LogP contribution in [0, 0.1) is 5.92 Å². The zero-order valence-corrected chi connectivity index (χ0v) is 9.98. The maximum absolute atomic E-state index is 10.8. The van der Waals surface area contributed by atoms with Gasteiger partial charge in [0.1, 0.15) is 0 Å². The number of carbonyl (C=O) groups is 1. The average Bonchev–Trinajstić information content (AvgIpc) is 2.82. The number of hydrogen-bond donors (Lipinski definition) is 2. The number of anilines is 1. The Morgan fingerprint density at radius 1 is 1.35 bits per heavy atom. The van der Waals surface area contributed by atoms with Gasteiger partial charge in [-0.25, -0.2) is 4.79 Å². The molecule has 0 unspecified atom stereocenters. The van der Waals surface area contributed by atoms with Gasteiger partial charge in [0.25, 0.3) is 0 Å². The second-order valence-electron chi connectivity index (χ2n) is 4.75. The summed E-state index contributed by atoms with van der Waals surface area (Å²) in [6.07, 6.45) is 6.66. The van der Waals surface area contributed by atoms with Crippen molar-refractivity contribution in [2.45, 2.75) is 32.1 Å². The van der Waals surface area contributed by atoms with Gasteiger partial charge in [0, 0.05) is 12.2 Å². The third-order valence-electron chi connectivity index (χ3n) is 3.47. The van der Waals surface area contributed by atoms with Gasteiger partial charge in [0.05, 0.1) is 5.56 Å². The standard InChI is InChI=1S/C14H19NO2/c16-14(17)12-6-3-7-13(10-12)15-9-8-11-4-1-2-5-11/h3,6-7,10-11,15H,1-2,4-5,8-9H2,(H,16,17). The summed E-state index contributed by atoms with van der Waals surface area (Å²) in [6.45, 7) is 0.938. The molecular formula is C14H19NO2. The van der Waals surface area contributed by atoms with Gasteiger partial charge >= 0.3 is 5.97 Å². The van der Waals surface area contributed by atoms with Crippen molar-refractivity contribution < 1.29 is 9.90 Å². The number of rotatable bonds is 5. The predicted octanol–water partition coefficient (Wildman–Crippen LogP) is 3.38. The molecule has 0 aromatic heterocycles. The van der Waals surface area contributed by atoms with E-state index in [1.807, 2.05) is 6.07 Å². The Bertz CT molecular complexity index is 384. The van der Waals surface area contributed by atoms with Gasteiger partial charge in [-0.2, -0.15) is 0 Å². The first-order valence-electron chi connectivity index (χ1n) is 6.33. The summed E-state index contributed by atoms with van der Waals surface area (Å²) in [6, 6.07) is 7.00. The molecule has 17 heavy (non-hydrogen) atoms. The molecule has 0 bridgehead atoms. The van der Waals surface area contributed by atoms with Crippen LogP contribution >= 0.6 is 0 Å². The smallest absolute Gasteiger partial charge is 0.335 e. The van der Waals surface area contributed by atoms with Crippen LogP contribution < -0.4 is 5.32 Å². The van der Waals surface area contributed by atoms with E-state index in [1.165, 1.54) is 32.1 Å². The Labute approximate surface area is 102 Å². The molecule has 0 amide bonds. The highest BCUT2D eigenvalue weighted by Gasteiger charge is 2.14. The van der Waals surface area contributed by atoms with E-state index in [0.29, 0.717) is 5.56 Å². The van der Waals surface area contributed by atoms with E-state index in [-0.39, 0.29) is 0 Å². The molecule has 3 heteroatoms. The third-order valence-corrected chi connectivity index (χ3v) is 3.47. The van der Waals surface area contributed by atoms with Crippen molar-refractivity contribution in [2.75, 3.05) is 11.9 Å². The highest BCUT2D eigenvalue weighted by Crippen LogP contribution is 2.27. The molecule has 0 radical (unpaired) electrons. The minimum absolute atomic E-state index is 0.343. The fourth-order valence-electron chi connectivity index (χ4n) is 2.48. The molecule has 0 heterocycles. The SMILES string of the molecule is O=C(O)c1cccc(NCCC2CCCC2)c1. The number of nitrogens with one attached hydrogen (secondary N) is 1. The molecule has 1 aromatic carbocycles. The monoisotopic (exact) mass is 233 g/mol. The summed E-state index contributed by atoms with van der Waals surface area (Å²) in [7, 11) is 0. The fourth-order valence-corrected chi connectivity index (χ4v) is 2.48. The lowest BCUT2D eigenvalue weighted by molar-refractivity contribution is 0.0697. The number of benzene rings is 1. The summed E-state index contributed by atoms with van der Waals surface area (Å²) in [5.41, 5.74) is 1.25. The third kappa shape index (κ3) is 3.48. The van der Waals surface area contributed by atoms with Crippen LogP contribution in [-0.2, 0) is 0 Å². The van der Waals surface area contributed by atoms with E-state index >= 15 is 0 Å². The van der Waals surface area contributed by atoms with Crippen LogP contribution in [0.15, 0.2) is 24.3 Å². The summed E-state index contributed by atoms with van der Waals surface area (Å²) >= 11 is 0. The fraction of sp³-hybridized carbons (Fsp3) is 0.500. The van der Waals surface area contributed by atoms with Gasteiger partial charge in [-0.3, -0.25) is 0 Å². The van der Waals surface area contributed by atoms with Gasteiger partial charge < -0.3 is 10.4 Å². The van der Waals surface area contributed by atoms with Crippen molar-refractivity contribution in [3.8, 4) is 0 Å². The predicted molar refractivity (Wildman–Crippen MR) is 68.5 cm³/mol. The maximum atomic E-state index is 10.8. The molecule has 0 aliphatic heterocycles. The van der Waals surface area contributed by atoms with Crippen LogP contribution in [0.25, 0.3) is 0 Å². The van der Waals surface area contributed by atoms with Crippen LogP contribution in [0.2, 0.25) is 0 Å². The Balaban J connectivity index is 1.81. The average molecular weight is 233 g/mol. The van der Waals surface area contributed by atoms with Crippen molar-refractivity contribution in [3.05, 3.63) is 29.8 Å². The molecule has 3 nitrogen and oxygen atoms in total. The van der Waals surface area contributed by atoms with Gasteiger partial charge in [0.2, 0.25) is 0 Å². The van der Waals surface area contributed by atoms with Crippen LogP contribution in [0.5, 0.6) is 0 Å². The van der Waals surface area contributed by atoms with Crippen molar-refractivity contribution >= 4 is 11.7 Å². The van der Waals surface area contributed by atoms with E-state index in [1.54, 1.807) is 18.2 Å². The molecule has 1 aliphatic rings. The summed E-state index contributed by atoms with van der Waals surface area (Å²) in [5.74, 6) is -0.00500. The Morgan fingerprint density at radius 2 is 2.12 bits per heavy atom. The molecule has 2 rings (SSSR count). The topological polar surface area (TPSA) is 49.3 Å². The largest absolute Gasteiger partial charge is 0.478 e. The van der Waals surface area contributed by atoms with Crippen molar-refractivity contribution in [3.63, 3.8) is 0 Å². The van der Waals surface area contributed by atoms with Crippen LogP contribution in [0.3, 0.4) is 0 Å². The van der Waals surface area contributed by atoms with E-state index in [9.17, 15) is 4.79 Å². The number of aromatic carboxylic acids is 1. The molecule has 2 N–H and O–H groups in total. The highest BCUT2D eigenvalue weighted by molar-refractivity contribution is 5.88. The Hall–Kier alpha value is -1.51. The molecule has 1 aliphatic carbocycles. The Morgan fingerprint density at radius 3 is 2.82 bits per heavy atom. The normalized spacial score (nSPS) is 16.0. The van der Waals surface area contributed by atoms with E-state index in [4.69, 9.17) is 5.11 Å². The summed E-state index contributed by atoms with van der Waals surface area (Å²) < 4.78 is 0. The number of carboxylic acid groups (broad SMARTS) is 1. The van der Waals surface area contributed by atoms with E-state index in [2.05, 4.69) is 5.32 Å². The molecular weight excluding hydrogens is 214 g/mol. The second-order valence-corrected chi connectivity index (χ2v) is 4.75. The first-order chi connectivity index (χ1) is 8.25. The highest BCUT2D eigenvalue weighted by atomic mass is 16.4. The van der Waals surface area contributed by atoms with Gasteiger partial charge in [0.15, 0.2) is 0 Å². The zero-order chi connectivity index (χ0) is 12.1. The van der Waals surface area contributed by atoms with E-state index in [0.717, 1.165) is 18.2 Å². The summed E-state index contributed by atoms with van der Waals surface area (Å²) in [5, 5.41) is 12.2. The van der Waals surface area contributed by atoms with Crippen molar-refractivity contribution in [1.82, 2.24) is 0 Å². The van der Waals surface area contributed by atoms with Crippen LogP contribution in [0.4, 0.5) is 5.69 Å². The molecule has 0 spiro atoms. The Kier molecular flexibility index (Phi) is 4.02. The van der Waals surface area contributed by atoms with Crippen LogP contribution in [-0.4, -0.2) is 17.6 Å². The number of carboxylic acids is 1. The van der Waals surface area contributed by atoms with Gasteiger partial charge in [-0.05, 0) is 30.5 Å². The molecule has 1 fully saturated rings. The van der Waals surface area contributed by atoms with Crippen molar-refractivity contribution in [2.24, 2.45) is 5.92 Å². The molecule has 0 saturated heterocycles. The quantitative estimate of drug-likeness (QED) is 0.819. The molecule has 1 aromatic rings. The van der Waals surface area contributed by atoms with Crippen molar-refractivity contribution in [1.29, 1.82) is 0 Å².